The fourth-order valence-electron chi connectivity index (χ4n) is 2.49. The second-order valence-electron chi connectivity index (χ2n) is 5.29. The Kier molecular flexibility index (Phi) is 3.82. The maximum atomic E-state index is 11.7. The van der Waals surface area contributed by atoms with Crippen LogP contribution in [0.25, 0.3) is 0 Å². The van der Waals surface area contributed by atoms with Gasteiger partial charge in [-0.1, -0.05) is 6.92 Å². The third-order valence-corrected chi connectivity index (χ3v) is 3.87. The zero-order valence-corrected chi connectivity index (χ0v) is 10.1. The number of amides is 1. The van der Waals surface area contributed by atoms with E-state index in [9.17, 15) is 4.79 Å². The van der Waals surface area contributed by atoms with E-state index in [1.807, 2.05) is 0 Å². The molecule has 3 N–H and O–H groups in total. The average molecular weight is 225 g/mol. The summed E-state index contributed by atoms with van der Waals surface area (Å²) >= 11 is 0. The molecular formula is C12H23N3O. The normalized spacial score (nSPS) is 30.6. The van der Waals surface area contributed by atoms with Crippen molar-refractivity contribution in [3.63, 3.8) is 0 Å². The minimum atomic E-state index is 0.166. The van der Waals surface area contributed by atoms with Crippen molar-refractivity contribution in [2.45, 2.75) is 32.2 Å². The van der Waals surface area contributed by atoms with Gasteiger partial charge in [-0.15, -0.1) is 0 Å². The maximum Gasteiger partial charge on any atom is 0.234 e. The molecule has 1 heterocycles. The Morgan fingerprint density at radius 1 is 1.44 bits per heavy atom. The minimum Gasteiger partial charge on any atom is -0.355 e. The summed E-state index contributed by atoms with van der Waals surface area (Å²) < 4.78 is 0. The van der Waals surface area contributed by atoms with Gasteiger partial charge in [0, 0.05) is 19.1 Å². The highest BCUT2D eigenvalue weighted by atomic mass is 16.2. The van der Waals surface area contributed by atoms with Gasteiger partial charge in [0.1, 0.15) is 0 Å². The van der Waals surface area contributed by atoms with Gasteiger partial charge in [-0.25, -0.2) is 0 Å². The highest BCUT2D eigenvalue weighted by Crippen LogP contribution is 2.27. The summed E-state index contributed by atoms with van der Waals surface area (Å²) in [6.07, 6.45) is 3.73. The highest BCUT2D eigenvalue weighted by Gasteiger charge is 2.31. The number of carbonyl (C=O) groups excluding carboxylic acids is 1. The van der Waals surface area contributed by atoms with E-state index in [0.29, 0.717) is 25.0 Å². The number of likely N-dealkylation sites (tertiary alicyclic amines) is 1. The Bertz CT molecular complexity index is 253. The van der Waals surface area contributed by atoms with Gasteiger partial charge in [0.2, 0.25) is 5.91 Å². The molecule has 2 unspecified atom stereocenters. The van der Waals surface area contributed by atoms with Crippen LogP contribution in [0.4, 0.5) is 0 Å². The predicted molar refractivity (Wildman–Crippen MR) is 63.9 cm³/mol. The Balaban J connectivity index is 1.72. The van der Waals surface area contributed by atoms with Crippen molar-refractivity contribution in [2.24, 2.45) is 17.6 Å². The second-order valence-corrected chi connectivity index (χ2v) is 5.29. The molecule has 1 saturated carbocycles. The maximum absolute atomic E-state index is 11.7. The van der Waals surface area contributed by atoms with E-state index < -0.39 is 0 Å². The lowest BCUT2D eigenvalue weighted by molar-refractivity contribution is -0.122. The van der Waals surface area contributed by atoms with Gasteiger partial charge in [-0.05, 0) is 37.6 Å². The molecule has 16 heavy (non-hydrogen) atoms. The van der Waals surface area contributed by atoms with Gasteiger partial charge in [-0.3, -0.25) is 9.69 Å². The Labute approximate surface area is 97.6 Å². The van der Waals surface area contributed by atoms with Crippen molar-refractivity contribution in [3.8, 4) is 0 Å². The number of hydrogen-bond acceptors (Lipinski definition) is 3. The van der Waals surface area contributed by atoms with E-state index >= 15 is 0 Å². The molecule has 0 aromatic carbocycles. The van der Waals surface area contributed by atoms with Crippen LogP contribution in [-0.2, 0) is 4.79 Å². The summed E-state index contributed by atoms with van der Waals surface area (Å²) in [5.41, 5.74) is 5.75. The van der Waals surface area contributed by atoms with Crippen LogP contribution < -0.4 is 11.1 Å². The van der Waals surface area contributed by atoms with Crippen LogP contribution in [-0.4, -0.2) is 43.0 Å². The Morgan fingerprint density at radius 2 is 2.19 bits per heavy atom. The van der Waals surface area contributed by atoms with Gasteiger partial charge in [-0.2, -0.15) is 0 Å². The summed E-state index contributed by atoms with van der Waals surface area (Å²) in [6.45, 7) is 5.30. The molecular weight excluding hydrogens is 202 g/mol. The van der Waals surface area contributed by atoms with Crippen LogP contribution in [0, 0.1) is 11.8 Å². The van der Waals surface area contributed by atoms with Crippen molar-refractivity contribution < 1.29 is 4.79 Å². The molecule has 2 aliphatic rings. The lowest BCUT2D eigenvalue weighted by Crippen LogP contribution is -2.44. The summed E-state index contributed by atoms with van der Waals surface area (Å²) in [6, 6.07) is 0.395. The third-order valence-electron chi connectivity index (χ3n) is 3.87. The van der Waals surface area contributed by atoms with E-state index in [4.69, 9.17) is 5.73 Å². The zero-order chi connectivity index (χ0) is 11.5. The van der Waals surface area contributed by atoms with E-state index in [1.165, 1.54) is 12.8 Å². The van der Waals surface area contributed by atoms with Crippen molar-refractivity contribution in [2.75, 3.05) is 26.2 Å². The van der Waals surface area contributed by atoms with Crippen molar-refractivity contribution in [1.82, 2.24) is 10.2 Å². The zero-order valence-electron chi connectivity index (χ0n) is 10.1. The third kappa shape index (κ3) is 2.95. The van der Waals surface area contributed by atoms with Crippen LogP contribution in [0.2, 0.25) is 0 Å². The number of hydrogen-bond donors (Lipinski definition) is 2. The molecule has 1 amide bonds. The minimum absolute atomic E-state index is 0.166. The first-order chi connectivity index (χ1) is 7.70. The predicted octanol–water partition coefficient (Wildman–Crippen LogP) is 0.182. The fraction of sp³-hybridized carbons (Fsp3) is 0.917. The number of rotatable bonds is 5. The van der Waals surface area contributed by atoms with Crippen LogP contribution in [0.5, 0.6) is 0 Å². The molecule has 0 spiro atoms. The lowest BCUT2D eigenvalue weighted by Gasteiger charge is -2.24. The van der Waals surface area contributed by atoms with Gasteiger partial charge >= 0.3 is 0 Å². The highest BCUT2D eigenvalue weighted by molar-refractivity contribution is 5.78. The number of nitrogens with two attached hydrogens (primary N) is 1. The van der Waals surface area contributed by atoms with Crippen molar-refractivity contribution >= 4 is 5.91 Å². The van der Waals surface area contributed by atoms with E-state index in [-0.39, 0.29) is 5.91 Å². The molecule has 2 rings (SSSR count). The molecule has 0 aromatic rings. The Morgan fingerprint density at radius 3 is 2.81 bits per heavy atom. The molecule has 2 atom stereocenters. The van der Waals surface area contributed by atoms with Gasteiger partial charge < -0.3 is 11.1 Å². The molecule has 4 heteroatoms. The molecule has 92 valence electrons. The molecule has 1 aliphatic heterocycles. The molecule has 1 aliphatic carbocycles. The van der Waals surface area contributed by atoms with E-state index in [0.717, 1.165) is 25.4 Å². The van der Waals surface area contributed by atoms with Crippen LogP contribution >= 0.6 is 0 Å². The second kappa shape index (κ2) is 5.15. The Hall–Kier alpha value is -0.610. The number of nitrogens with zero attached hydrogens (tertiary/aromatic N) is 1. The SMILES string of the molecule is CC1CCN(CC(=O)NCC2CC2)C1CN. The van der Waals surface area contributed by atoms with Crippen molar-refractivity contribution in [1.29, 1.82) is 0 Å². The van der Waals surface area contributed by atoms with Gasteiger partial charge in [0.05, 0.1) is 6.54 Å². The summed E-state index contributed by atoms with van der Waals surface area (Å²) in [7, 11) is 0. The quantitative estimate of drug-likeness (QED) is 0.702. The monoisotopic (exact) mass is 225 g/mol. The first-order valence-electron chi connectivity index (χ1n) is 6.41. The summed E-state index contributed by atoms with van der Waals surface area (Å²) in [4.78, 5) is 13.9. The summed E-state index contributed by atoms with van der Waals surface area (Å²) in [5, 5.41) is 3.01. The van der Waals surface area contributed by atoms with E-state index in [1.54, 1.807) is 0 Å². The number of nitrogens with one attached hydrogen (secondary N) is 1. The first-order valence-corrected chi connectivity index (χ1v) is 6.41. The number of carbonyl (C=O) groups is 1. The topological polar surface area (TPSA) is 58.4 Å². The van der Waals surface area contributed by atoms with Crippen LogP contribution in [0.3, 0.4) is 0 Å². The van der Waals surface area contributed by atoms with Crippen LogP contribution in [0.15, 0.2) is 0 Å². The smallest absolute Gasteiger partial charge is 0.234 e. The molecule has 2 fully saturated rings. The van der Waals surface area contributed by atoms with Crippen LogP contribution in [0.1, 0.15) is 26.2 Å². The standard InChI is InChI=1S/C12H23N3O/c1-9-4-5-15(11(9)6-13)8-12(16)14-7-10-2-3-10/h9-11H,2-8,13H2,1H3,(H,14,16). The van der Waals surface area contributed by atoms with Gasteiger partial charge in [0.15, 0.2) is 0 Å². The summed E-state index contributed by atoms with van der Waals surface area (Å²) in [5.74, 6) is 1.55. The van der Waals surface area contributed by atoms with Gasteiger partial charge in [0.25, 0.3) is 0 Å². The molecule has 0 bridgehead atoms. The fourth-order valence-corrected chi connectivity index (χ4v) is 2.49. The lowest BCUT2D eigenvalue weighted by atomic mass is 10.0. The van der Waals surface area contributed by atoms with Crippen molar-refractivity contribution in [3.05, 3.63) is 0 Å². The molecule has 4 nitrogen and oxygen atoms in total. The van der Waals surface area contributed by atoms with E-state index in [2.05, 4.69) is 17.1 Å². The largest absolute Gasteiger partial charge is 0.355 e. The first kappa shape index (κ1) is 11.9. The molecule has 0 aromatic heterocycles. The molecule has 1 saturated heterocycles. The average Bonchev–Trinajstić information content (AvgIpc) is 3.02. The molecule has 0 radical (unpaired) electrons.